The van der Waals surface area contributed by atoms with Gasteiger partial charge in [-0.15, -0.1) is 0 Å². The van der Waals surface area contributed by atoms with Crippen molar-refractivity contribution in [3.63, 3.8) is 0 Å². The Balaban J connectivity index is 3.19. The summed E-state index contributed by atoms with van der Waals surface area (Å²) >= 11 is 0. The summed E-state index contributed by atoms with van der Waals surface area (Å²) in [5.41, 5.74) is 2.10. The Kier molecular flexibility index (Phi) is 4.03. The van der Waals surface area contributed by atoms with Crippen molar-refractivity contribution in [3.8, 4) is 0 Å². The molecule has 0 spiro atoms. The zero-order chi connectivity index (χ0) is 12.3. The molecule has 0 radical (unpaired) electrons. The van der Waals surface area contributed by atoms with Gasteiger partial charge in [0.15, 0.2) is 0 Å². The lowest BCUT2D eigenvalue weighted by Gasteiger charge is -2.20. The van der Waals surface area contributed by atoms with Crippen LogP contribution in [0.5, 0.6) is 0 Å². The van der Waals surface area contributed by atoms with E-state index in [0.29, 0.717) is 12.5 Å². The number of aromatic nitrogens is 2. The fraction of sp³-hybridized carbons (Fsp3) is 0.692. The number of hydrogen-bond acceptors (Lipinski definition) is 3. The standard InChI is InChI=1S/C13H22N2O/c1-9(2)12-14-10(8-16-6)7-11(15-12)13(3,4)5/h7,9H,8H2,1-6H3. The predicted octanol–water partition coefficient (Wildman–Crippen LogP) is 3.04. The van der Waals surface area contributed by atoms with Crippen LogP contribution in [0.25, 0.3) is 0 Å². The Morgan fingerprint density at radius 1 is 1.25 bits per heavy atom. The van der Waals surface area contributed by atoms with Crippen LogP contribution >= 0.6 is 0 Å². The van der Waals surface area contributed by atoms with Gasteiger partial charge in [0.1, 0.15) is 5.82 Å². The van der Waals surface area contributed by atoms with Crippen LogP contribution in [0.3, 0.4) is 0 Å². The highest BCUT2D eigenvalue weighted by Gasteiger charge is 2.18. The Morgan fingerprint density at radius 2 is 1.88 bits per heavy atom. The molecule has 90 valence electrons. The summed E-state index contributed by atoms with van der Waals surface area (Å²) in [4.78, 5) is 9.12. The molecule has 0 bridgehead atoms. The zero-order valence-corrected chi connectivity index (χ0v) is 11.2. The van der Waals surface area contributed by atoms with Crippen LogP contribution in [0.1, 0.15) is 57.7 Å². The SMILES string of the molecule is COCc1cc(C(C)(C)C)nc(C(C)C)n1. The molecule has 1 aromatic rings. The molecule has 0 saturated carbocycles. The van der Waals surface area contributed by atoms with E-state index in [2.05, 4.69) is 44.6 Å². The van der Waals surface area contributed by atoms with E-state index in [4.69, 9.17) is 4.74 Å². The molecule has 1 heterocycles. The van der Waals surface area contributed by atoms with Crippen molar-refractivity contribution in [2.75, 3.05) is 7.11 Å². The van der Waals surface area contributed by atoms with Crippen molar-refractivity contribution in [1.29, 1.82) is 0 Å². The zero-order valence-electron chi connectivity index (χ0n) is 11.2. The predicted molar refractivity (Wildman–Crippen MR) is 65.5 cm³/mol. The van der Waals surface area contributed by atoms with Crippen molar-refractivity contribution in [3.05, 3.63) is 23.3 Å². The number of hydrogen-bond donors (Lipinski definition) is 0. The molecule has 16 heavy (non-hydrogen) atoms. The summed E-state index contributed by atoms with van der Waals surface area (Å²) < 4.78 is 5.14. The van der Waals surface area contributed by atoms with Crippen molar-refractivity contribution in [2.24, 2.45) is 0 Å². The highest BCUT2D eigenvalue weighted by Crippen LogP contribution is 2.22. The van der Waals surface area contributed by atoms with Crippen molar-refractivity contribution in [2.45, 2.75) is 52.6 Å². The summed E-state index contributed by atoms with van der Waals surface area (Å²) in [5, 5.41) is 0. The molecule has 0 aliphatic rings. The van der Waals surface area contributed by atoms with E-state index in [9.17, 15) is 0 Å². The van der Waals surface area contributed by atoms with Gasteiger partial charge in [0.25, 0.3) is 0 Å². The first-order chi connectivity index (χ1) is 7.34. The van der Waals surface area contributed by atoms with Gasteiger partial charge in [-0.1, -0.05) is 34.6 Å². The first-order valence-electron chi connectivity index (χ1n) is 5.72. The highest BCUT2D eigenvalue weighted by atomic mass is 16.5. The molecule has 0 atom stereocenters. The minimum Gasteiger partial charge on any atom is -0.378 e. The second kappa shape index (κ2) is 4.91. The smallest absolute Gasteiger partial charge is 0.131 e. The van der Waals surface area contributed by atoms with E-state index in [1.807, 2.05) is 6.07 Å². The normalized spacial score (nSPS) is 12.2. The van der Waals surface area contributed by atoms with Gasteiger partial charge in [-0.2, -0.15) is 0 Å². The highest BCUT2D eigenvalue weighted by molar-refractivity contribution is 5.18. The van der Waals surface area contributed by atoms with Crippen LogP contribution in [0.4, 0.5) is 0 Å². The van der Waals surface area contributed by atoms with Gasteiger partial charge in [-0.3, -0.25) is 0 Å². The van der Waals surface area contributed by atoms with Crippen LogP contribution < -0.4 is 0 Å². The molecule has 0 unspecified atom stereocenters. The van der Waals surface area contributed by atoms with Gasteiger partial charge < -0.3 is 4.74 Å². The van der Waals surface area contributed by atoms with Crippen LogP contribution in [-0.2, 0) is 16.8 Å². The molecule has 1 rings (SSSR count). The van der Waals surface area contributed by atoms with Gasteiger partial charge in [-0.05, 0) is 6.07 Å². The fourth-order valence-corrected chi connectivity index (χ4v) is 1.38. The molecule has 0 aliphatic carbocycles. The maximum atomic E-state index is 5.14. The summed E-state index contributed by atoms with van der Waals surface area (Å²) in [6, 6.07) is 2.04. The maximum absolute atomic E-state index is 5.14. The fourth-order valence-electron chi connectivity index (χ4n) is 1.38. The maximum Gasteiger partial charge on any atom is 0.131 e. The average molecular weight is 222 g/mol. The van der Waals surface area contributed by atoms with Crippen molar-refractivity contribution >= 4 is 0 Å². The Hall–Kier alpha value is -0.960. The number of methoxy groups -OCH3 is 1. The lowest BCUT2D eigenvalue weighted by Crippen LogP contribution is -2.17. The third-order valence-corrected chi connectivity index (χ3v) is 2.37. The largest absolute Gasteiger partial charge is 0.378 e. The van der Waals surface area contributed by atoms with Gasteiger partial charge in [0, 0.05) is 24.1 Å². The van der Waals surface area contributed by atoms with Gasteiger partial charge in [0.05, 0.1) is 12.3 Å². The first-order valence-corrected chi connectivity index (χ1v) is 5.72. The molecule has 0 saturated heterocycles. The van der Waals surface area contributed by atoms with Crippen LogP contribution in [-0.4, -0.2) is 17.1 Å². The molecular weight excluding hydrogens is 200 g/mol. The molecule has 0 N–H and O–H groups in total. The molecule has 0 aromatic carbocycles. The monoisotopic (exact) mass is 222 g/mol. The van der Waals surface area contributed by atoms with E-state index >= 15 is 0 Å². The van der Waals surface area contributed by atoms with Gasteiger partial charge in [-0.25, -0.2) is 9.97 Å². The molecule has 3 heteroatoms. The number of rotatable bonds is 3. The molecule has 0 amide bonds. The molecule has 0 fully saturated rings. The summed E-state index contributed by atoms with van der Waals surface area (Å²) in [6.45, 7) is 11.3. The molecular formula is C13H22N2O. The van der Waals surface area contributed by atoms with Gasteiger partial charge >= 0.3 is 0 Å². The first kappa shape index (κ1) is 13.1. The van der Waals surface area contributed by atoms with E-state index in [0.717, 1.165) is 17.2 Å². The van der Waals surface area contributed by atoms with E-state index in [1.165, 1.54) is 0 Å². The molecule has 1 aromatic heterocycles. The minimum atomic E-state index is 0.0507. The number of nitrogens with zero attached hydrogens (tertiary/aromatic N) is 2. The van der Waals surface area contributed by atoms with Crippen LogP contribution in [0, 0.1) is 0 Å². The summed E-state index contributed by atoms with van der Waals surface area (Å²) in [6.07, 6.45) is 0. The quantitative estimate of drug-likeness (QED) is 0.788. The molecule has 0 aliphatic heterocycles. The van der Waals surface area contributed by atoms with Crippen LogP contribution in [0.2, 0.25) is 0 Å². The Labute approximate surface area is 98.3 Å². The average Bonchev–Trinajstić information content (AvgIpc) is 2.16. The summed E-state index contributed by atoms with van der Waals surface area (Å²) in [7, 11) is 1.69. The topological polar surface area (TPSA) is 35.0 Å². The van der Waals surface area contributed by atoms with Gasteiger partial charge in [0.2, 0.25) is 0 Å². The van der Waals surface area contributed by atoms with E-state index in [-0.39, 0.29) is 5.41 Å². The third-order valence-electron chi connectivity index (χ3n) is 2.37. The third kappa shape index (κ3) is 3.27. The lowest BCUT2D eigenvalue weighted by atomic mass is 9.91. The number of ether oxygens (including phenoxy) is 1. The Bertz CT molecular complexity index is 353. The van der Waals surface area contributed by atoms with Crippen molar-refractivity contribution in [1.82, 2.24) is 9.97 Å². The van der Waals surface area contributed by atoms with Crippen molar-refractivity contribution < 1.29 is 4.74 Å². The second-order valence-electron chi connectivity index (χ2n) is 5.44. The van der Waals surface area contributed by atoms with Crippen LogP contribution in [0.15, 0.2) is 6.07 Å². The Morgan fingerprint density at radius 3 is 2.31 bits per heavy atom. The van der Waals surface area contributed by atoms with E-state index in [1.54, 1.807) is 7.11 Å². The lowest BCUT2D eigenvalue weighted by molar-refractivity contribution is 0.181. The second-order valence-corrected chi connectivity index (χ2v) is 5.44. The summed E-state index contributed by atoms with van der Waals surface area (Å²) in [5.74, 6) is 1.25. The molecule has 3 nitrogen and oxygen atoms in total. The minimum absolute atomic E-state index is 0.0507. The van der Waals surface area contributed by atoms with E-state index < -0.39 is 0 Å².